The van der Waals surface area contributed by atoms with Crippen LogP contribution in [0.25, 0.3) is 6.08 Å². The van der Waals surface area contributed by atoms with Crippen LogP contribution < -0.4 is 14.2 Å². The number of para-hydroxylation sites is 1. The third-order valence-corrected chi connectivity index (χ3v) is 8.11. The molecule has 0 unspecified atom stereocenters. The van der Waals surface area contributed by atoms with Crippen molar-refractivity contribution in [3.05, 3.63) is 123 Å². The van der Waals surface area contributed by atoms with Crippen LogP contribution in [-0.2, 0) is 17.9 Å². The first-order chi connectivity index (χ1) is 19.9. The fraction of sp³-hybridized carbons (Fsp3) is 0.152. The van der Waals surface area contributed by atoms with E-state index in [4.69, 9.17) is 19.2 Å². The largest absolute Gasteiger partial charge is 0.497 e. The molecule has 0 bridgehead atoms. The second-order valence-electron chi connectivity index (χ2n) is 9.38. The lowest BCUT2D eigenvalue weighted by atomic mass is 10.1. The molecule has 0 radical (unpaired) electrons. The average molecular weight is 630 g/mol. The minimum Gasteiger partial charge on any atom is -0.497 e. The molecule has 1 saturated heterocycles. The Balaban J connectivity index is 1.43. The number of hydrogen-bond acceptors (Lipinski definition) is 6. The molecule has 6 nitrogen and oxygen atoms in total. The van der Waals surface area contributed by atoms with Gasteiger partial charge in [-0.3, -0.25) is 9.69 Å². The number of carbonyl (C=O) groups excluding carboxylic acids is 1. The molecule has 0 N–H and O–H groups in total. The molecule has 1 aliphatic rings. The van der Waals surface area contributed by atoms with Gasteiger partial charge >= 0.3 is 0 Å². The van der Waals surface area contributed by atoms with E-state index in [9.17, 15) is 4.79 Å². The third kappa shape index (κ3) is 7.01. The third-order valence-electron chi connectivity index (χ3n) is 6.42. The van der Waals surface area contributed by atoms with Gasteiger partial charge in [0.15, 0.2) is 16.7 Å². The summed E-state index contributed by atoms with van der Waals surface area (Å²) in [5.74, 6) is 1.84. The molecule has 4 aromatic carbocycles. The lowest BCUT2D eigenvalue weighted by Crippen LogP contribution is -2.28. The standard InChI is InChI=1S/C33H29BrN2O4S/c1-22-8-7-9-24(16-22)21-40-30-19-28(34)25(17-29(30)39-3)18-31-32(37)36(20-23-12-14-27(38-2)15-13-23)33(41-31)35-26-10-5-4-6-11-26/h4-19H,20-21H2,1-3H3/b31-18-,35-33?. The second-order valence-corrected chi connectivity index (χ2v) is 11.2. The summed E-state index contributed by atoms with van der Waals surface area (Å²) >= 11 is 5.02. The van der Waals surface area contributed by atoms with E-state index in [0.717, 1.165) is 32.6 Å². The van der Waals surface area contributed by atoms with Crippen molar-refractivity contribution < 1.29 is 19.0 Å². The number of benzene rings is 4. The SMILES string of the molecule is COc1ccc(CN2C(=O)/C(=C/c3cc(OC)c(OCc4cccc(C)c4)cc3Br)SC2=Nc2ccccc2)cc1. The van der Waals surface area contributed by atoms with Gasteiger partial charge < -0.3 is 14.2 Å². The first kappa shape index (κ1) is 28.5. The fourth-order valence-electron chi connectivity index (χ4n) is 4.30. The summed E-state index contributed by atoms with van der Waals surface area (Å²) < 4.78 is 17.8. The minimum absolute atomic E-state index is 0.119. The van der Waals surface area contributed by atoms with Crippen LogP contribution in [0.2, 0.25) is 0 Å². The summed E-state index contributed by atoms with van der Waals surface area (Å²) in [6.07, 6.45) is 1.86. The van der Waals surface area contributed by atoms with Crippen LogP contribution in [0.1, 0.15) is 22.3 Å². The van der Waals surface area contributed by atoms with Crippen LogP contribution in [0.5, 0.6) is 17.2 Å². The summed E-state index contributed by atoms with van der Waals surface area (Å²) in [6.45, 7) is 2.85. The Hall–Kier alpha value is -4.01. The van der Waals surface area contributed by atoms with Gasteiger partial charge in [0.05, 0.1) is 31.4 Å². The molecule has 0 aromatic heterocycles. The van der Waals surface area contributed by atoms with Gasteiger partial charge in [-0.1, -0.05) is 76.1 Å². The van der Waals surface area contributed by atoms with Crippen molar-refractivity contribution in [3.8, 4) is 17.2 Å². The normalized spacial score (nSPS) is 15.0. The first-order valence-corrected chi connectivity index (χ1v) is 14.6. The van der Waals surface area contributed by atoms with Gasteiger partial charge in [0, 0.05) is 4.47 Å². The quantitative estimate of drug-likeness (QED) is 0.175. The highest BCUT2D eigenvalue weighted by atomic mass is 79.9. The number of methoxy groups -OCH3 is 2. The van der Waals surface area contributed by atoms with Crippen molar-refractivity contribution in [3.63, 3.8) is 0 Å². The van der Waals surface area contributed by atoms with Crippen LogP contribution in [0, 0.1) is 6.92 Å². The second kappa shape index (κ2) is 13.1. The van der Waals surface area contributed by atoms with Gasteiger partial charge in [-0.15, -0.1) is 0 Å². The number of nitrogens with zero attached hydrogens (tertiary/aromatic N) is 2. The molecule has 0 spiro atoms. The zero-order valence-corrected chi connectivity index (χ0v) is 25.4. The van der Waals surface area contributed by atoms with Crippen molar-refractivity contribution in [2.24, 2.45) is 4.99 Å². The lowest BCUT2D eigenvalue weighted by molar-refractivity contribution is -0.122. The molecule has 208 valence electrons. The van der Waals surface area contributed by atoms with Gasteiger partial charge in [0.25, 0.3) is 5.91 Å². The summed E-state index contributed by atoms with van der Waals surface area (Å²) in [4.78, 5) is 20.8. The maximum Gasteiger partial charge on any atom is 0.267 e. The maximum absolute atomic E-state index is 13.7. The molecule has 1 amide bonds. The van der Waals surface area contributed by atoms with Crippen LogP contribution >= 0.6 is 27.7 Å². The number of rotatable bonds is 9. The summed E-state index contributed by atoms with van der Waals surface area (Å²) in [5.41, 5.74) is 4.80. The zero-order chi connectivity index (χ0) is 28.8. The zero-order valence-electron chi connectivity index (χ0n) is 23.0. The number of aliphatic imine (C=N–C) groups is 1. The number of amidine groups is 1. The Morgan fingerprint density at radius 2 is 1.66 bits per heavy atom. The van der Waals surface area contributed by atoms with Crippen molar-refractivity contribution in [1.82, 2.24) is 4.90 Å². The molecule has 0 aliphatic carbocycles. The number of amides is 1. The molecular formula is C33H29BrN2O4S. The molecule has 41 heavy (non-hydrogen) atoms. The van der Waals surface area contributed by atoms with Gasteiger partial charge in [-0.25, -0.2) is 4.99 Å². The Kier molecular flexibility index (Phi) is 9.11. The average Bonchev–Trinajstić information content (AvgIpc) is 3.26. The number of thioether (sulfide) groups is 1. The van der Waals surface area contributed by atoms with E-state index in [1.54, 1.807) is 19.1 Å². The molecule has 1 fully saturated rings. The van der Waals surface area contributed by atoms with E-state index in [2.05, 4.69) is 35.0 Å². The Bertz CT molecular complexity index is 1600. The van der Waals surface area contributed by atoms with Crippen molar-refractivity contribution in [2.45, 2.75) is 20.1 Å². The summed E-state index contributed by atoms with van der Waals surface area (Å²) in [6, 6.07) is 29.3. The fourth-order valence-corrected chi connectivity index (χ4v) is 5.72. The Labute approximate surface area is 252 Å². The van der Waals surface area contributed by atoms with E-state index < -0.39 is 0 Å². The van der Waals surface area contributed by atoms with E-state index in [0.29, 0.717) is 34.7 Å². The van der Waals surface area contributed by atoms with Crippen molar-refractivity contribution in [2.75, 3.05) is 14.2 Å². The Morgan fingerprint density at radius 3 is 2.37 bits per heavy atom. The lowest BCUT2D eigenvalue weighted by Gasteiger charge is -2.16. The van der Waals surface area contributed by atoms with Crippen LogP contribution in [-0.4, -0.2) is 30.2 Å². The van der Waals surface area contributed by atoms with Gasteiger partial charge in [-0.05, 0) is 77.9 Å². The molecule has 1 heterocycles. The molecule has 4 aromatic rings. The van der Waals surface area contributed by atoms with Crippen molar-refractivity contribution >= 4 is 50.5 Å². The first-order valence-electron chi connectivity index (χ1n) is 13.0. The topological polar surface area (TPSA) is 60.4 Å². The molecule has 1 aliphatic heterocycles. The van der Waals surface area contributed by atoms with E-state index in [-0.39, 0.29) is 5.91 Å². The molecule has 0 saturated carbocycles. The maximum atomic E-state index is 13.7. The molecule has 5 rings (SSSR count). The monoisotopic (exact) mass is 628 g/mol. The predicted molar refractivity (Wildman–Crippen MR) is 169 cm³/mol. The highest BCUT2D eigenvalue weighted by Crippen LogP contribution is 2.39. The molecule has 0 atom stereocenters. The number of aryl methyl sites for hydroxylation is 1. The summed E-state index contributed by atoms with van der Waals surface area (Å²) in [5, 5.41) is 0.615. The van der Waals surface area contributed by atoms with Crippen LogP contribution in [0.3, 0.4) is 0 Å². The van der Waals surface area contributed by atoms with Gasteiger partial charge in [0.2, 0.25) is 0 Å². The van der Waals surface area contributed by atoms with E-state index in [1.807, 2.05) is 84.9 Å². The number of halogens is 1. The van der Waals surface area contributed by atoms with Crippen LogP contribution in [0.15, 0.2) is 105 Å². The van der Waals surface area contributed by atoms with Crippen molar-refractivity contribution in [1.29, 1.82) is 0 Å². The van der Waals surface area contributed by atoms with E-state index in [1.165, 1.54) is 17.3 Å². The molecule has 8 heteroatoms. The smallest absolute Gasteiger partial charge is 0.267 e. The number of ether oxygens (including phenoxy) is 3. The minimum atomic E-state index is -0.119. The van der Waals surface area contributed by atoms with E-state index >= 15 is 0 Å². The Morgan fingerprint density at radius 1 is 0.878 bits per heavy atom. The van der Waals surface area contributed by atoms with Gasteiger partial charge in [-0.2, -0.15) is 0 Å². The highest BCUT2D eigenvalue weighted by molar-refractivity contribution is 9.10. The predicted octanol–water partition coefficient (Wildman–Crippen LogP) is 8.16. The molecular weight excluding hydrogens is 600 g/mol. The number of hydrogen-bond donors (Lipinski definition) is 0. The van der Waals surface area contributed by atoms with Gasteiger partial charge in [0.1, 0.15) is 12.4 Å². The summed E-state index contributed by atoms with van der Waals surface area (Å²) in [7, 11) is 3.24. The van der Waals surface area contributed by atoms with Crippen LogP contribution in [0.4, 0.5) is 5.69 Å². The highest BCUT2D eigenvalue weighted by Gasteiger charge is 2.33. The number of carbonyl (C=O) groups is 1.